The zero-order valence-electron chi connectivity index (χ0n) is 11.7. The SMILES string of the molecule is CCSCc1cc(=O)[nH]c(SCc2ccccc2C)n1. The number of aromatic amines is 1. The molecule has 106 valence electrons. The Hall–Kier alpha value is -1.20. The number of rotatable bonds is 6. The van der Waals surface area contributed by atoms with Crippen LogP contribution in [0, 0.1) is 6.92 Å². The van der Waals surface area contributed by atoms with Crippen LogP contribution in [-0.2, 0) is 11.5 Å². The maximum Gasteiger partial charge on any atom is 0.251 e. The maximum atomic E-state index is 11.6. The van der Waals surface area contributed by atoms with Crippen LogP contribution in [0.15, 0.2) is 40.3 Å². The van der Waals surface area contributed by atoms with Crippen LogP contribution in [0.2, 0.25) is 0 Å². The Bertz CT molecular complexity index is 625. The van der Waals surface area contributed by atoms with E-state index in [0.29, 0.717) is 5.16 Å². The van der Waals surface area contributed by atoms with Gasteiger partial charge in [-0.1, -0.05) is 43.0 Å². The highest BCUT2D eigenvalue weighted by molar-refractivity contribution is 7.98. The van der Waals surface area contributed by atoms with Gasteiger partial charge < -0.3 is 4.98 Å². The molecule has 2 aromatic rings. The summed E-state index contributed by atoms with van der Waals surface area (Å²) < 4.78 is 0. The van der Waals surface area contributed by atoms with Gasteiger partial charge in [0.15, 0.2) is 5.16 Å². The van der Waals surface area contributed by atoms with E-state index in [0.717, 1.165) is 23.0 Å². The molecule has 1 aromatic carbocycles. The van der Waals surface area contributed by atoms with Crippen LogP contribution >= 0.6 is 23.5 Å². The van der Waals surface area contributed by atoms with Gasteiger partial charge in [-0.25, -0.2) is 4.98 Å². The zero-order chi connectivity index (χ0) is 14.4. The van der Waals surface area contributed by atoms with E-state index in [1.54, 1.807) is 29.6 Å². The summed E-state index contributed by atoms with van der Waals surface area (Å²) >= 11 is 3.34. The molecule has 1 aromatic heterocycles. The number of hydrogen-bond acceptors (Lipinski definition) is 4. The summed E-state index contributed by atoms with van der Waals surface area (Å²) in [6.07, 6.45) is 0. The van der Waals surface area contributed by atoms with E-state index in [1.165, 1.54) is 11.1 Å². The lowest BCUT2D eigenvalue weighted by Gasteiger charge is -2.06. The Kier molecular flexibility index (Phi) is 5.73. The highest BCUT2D eigenvalue weighted by Gasteiger charge is 2.04. The zero-order valence-corrected chi connectivity index (χ0v) is 13.3. The van der Waals surface area contributed by atoms with E-state index < -0.39 is 0 Å². The Morgan fingerprint density at radius 2 is 2.05 bits per heavy atom. The highest BCUT2D eigenvalue weighted by atomic mass is 32.2. The Morgan fingerprint density at radius 1 is 1.25 bits per heavy atom. The molecule has 0 amide bonds. The molecule has 0 fully saturated rings. The second-order valence-electron chi connectivity index (χ2n) is 4.39. The van der Waals surface area contributed by atoms with Crippen LogP contribution in [0.1, 0.15) is 23.7 Å². The van der Waals surface area contributed by atoms with Gasteiger partial charge in [-0.15, -0.1) is 0 Å². The molecule has 5 heteroatoms. The molecule has 2 rings (SSSR count). The van der Waals surface area contributed by atoms with Gasteiger partial charge in [0, 0.05) is 17.6 Å². The molecule has 0 aliphatic heterocycles. The van der Waals surface area contributed by atoms with E-state index in [9.17, 15) is 4.79 Å². The van der Waals surface area contributed by atoms with E-state index >= 15 is 0 Å². The summed E-state index contributed by atoms with van der Waals surface area (Å²) in [4.78, 5) is 18.9. The molecule has 0 unspecified atom stereocenters. The van der Waals surface area contributed by atoms with Gasteiger partial charge >= 0.3 is 0 Å². The van der Waals surface area contributed by atoms with Gasteiger partial charge in [0.1, 0.15) is 0 Å². The lowest BCUT2D eigenvalue weighted by Crippen LogP contribution is -2.09. The number of H-pyrrole nitrogens is 1. The molecule has 3 nitrogen and oxygen atoms in total. The van der Waals surface area contributed by atoms with Crippen LogP contribution < -0.4 is 5.56 Å². The molecule has 0 radical (unpaired) electrons. The third-order valence-corrected chi connectivity index (χ3v) is 4.68. The third-order valence-electron chi connectivity index (χ3n) is 2.85. The minimum absolute atomic E-state index is 0.0704. The van der Waals surface area contributed by atoms with E-state index in [2.05, 4.69) is 35.9 Å². The highest BCUT2D eigenvalue weighted by Crippen LogP contribution is 2.21. The molecule has 0 saturated carbocycles. The Morgan fingerprint density at radius 3 is 2.80 bits per heavy atom. The number of aromatic nitrogens is 2. The molecular weight excluding hydrogens is 288 g/mol. The lowest BCUT2D eigenvalue weighted by atomic mass is 10.1. The summed E-state index contributed by atoms with van der Waals surface area (Å²) in [5.74, 6) is 2.64. The second-order valence-corrected chi connectivity index (χ2v) is 6.63. The first-order valence-corrected chi connectivity index (χ1v) is 8.68. The maximum absolute atomic E-state index is 11.6. The summed E-state index contributed by atoms with van der Waals surface area (Å²) in [6, 6.07) is 9.86. The fourth-order valence-corrected chi connectivity index (χ4v) is 3.28. The van der Waals surface area contributed by atoms with Crippen molar-refractivity contribution in [2.45, 2.75) is 30.5 Å². The Labute approximate surface area is 127 Å². The molecule has 0 atom stereocenters. The molecule has 0 aliphatic carbocycles. The Balaban J connectivity index is 2.07. The minimum Gasteiger partial charge on any atom is -0.301 e. The van der Waals surface area contributed by atoms with Gasteiger partial charge in [-0.05, 0) is 23.8 Å². The standard InChI is InChI=1S/C15H18N2OS2/c1-3-19-10-13-8-14(18)17-15(16-13)20-9-12-7-5-4-6-11(12)2/h4-8H,3,9-10H2,1-2H3,(H,16,17,18). The normalized spacial score (nSPS) is 10.7. The van der Waals surface area contributed by atoms with Crippen molar-refractivity contribution in [3.8, 4) is 0 Å². The van der Waals surface area contributed by atoms with Gasteiger partial charge in [0.05, 0.1) is 5.69 Å². The molecule has 20 heavy (non-hydrogen) atoms. The van der Waals surface area contributed by atoms with E-state index in [1.807, 2.05) is 12.1 Å². The molecule has 0 aliphatic rings. The van der Waals surface area contributed by atoms with Crippen molar-refractivity contribution >= 4 is 23.5 Å². The van der Waals surface area contributed by atoms with Crippen LogP contribution in [0.25, 0.3) is 0 Å². The number of thioether (sulfide) groups is 2. The number of benzene rings is 1. The monoisotopic (exact) mass is 306 g/mol. The van der Waals surface area contributed by atoms with Crippen LogP contribution in [0.5, 0.6) is 0 Å². The molecule has 0 saturated heterocycles. The van der Waals surface area contributed by atoms with Gasteiger partial charge in [0.2, 0.25) is 0 Å². The van der Waals surface area contributed by atoms with Gasteiger partial charge in [0.25, 0.3) is 5.56 Å². The summed E-state index contributed by atoms with van der Waals surface area (Å²) in [6.45, 7) is 4.20. The van der Waals surface area contributed by atoms with Crippen molar-refractivity contribution in [1.82, 2.24) is 9.97 Å². The van der Waals surface area contributed by atoms with Crippen LogP contribution in [0.4, 0.5) is 0 Å². The number of aryl methyl sites for hydroxylation is 1. The van der Waals surface area contributed by atoms with E-state index in [-0.39, 0.29) is 5.56 Å². The molecular formula is C15H18N2OS2. The van der Waals surface area contributed by atoms with Crippen molar-refractivity contribution < 1.29 is 0 Å². The van der Waals surface area contributed by atoms with E-state index in [4.69, 9.17) is 0 Å². The summed E-state index contributed by atoms with van der Waals surface area (Å²) in [5.41, 5.74) is 3.32. The lowest BCUT2D eigenvalue weighted by molar-refractivity contribution is 0.899. The van der Waals surface area contributed by atoms with Crippen molar-refractivity contribution in [1.29, 1.82) is 0 Å². The quantitative estimate of drug-likeness (QED) is 0.654. The summed E-state index contributed by atoms with van der Waals surface area (Å²) in [7, 11) is 0. The predicted molar refractivity (Wildman–Crippen MR) is 87.4 cm³/mol. The van der Waals surface area contributed by atoms with Gasteiger partial charge in [-0.3, -0.25) is 4.79 Å². The first-order valence-electron chi connectivity index (χ1n) is 6.54. The van der Waals surface area contributed by atoms with Crippen molar-refractivity contribution in [3.63, 3.8) is 0 Å². The van der Waals surface area contributed by atoms with Crippen LogP contribution in [-0.4, -0.2) is 15.7 Å². The fourth-order valence-electron chi connectivity index (χ4n) is 1.75. The largest absolute Gasteiger partial charge is 0.301 e. The van der Waals surface area contributed by atoms with Crippen molar-refractivity contribution in [2.24, 2.45) is 0 Å². The average molecular weight is 306 g/mol. The number of nitrogens with one attached hydrogen (secondary N) is 1. The van der Waals surface area contributed by atoms with Gasteiger partial charge in [-0.2, -0.15) is 11.8 Å². The number of hydrogen-bond donors (Lipinski definition) is 1. The summed E-state index contributed by atoms with van der Waals surface area (Å²) in [5, 5.41) is 0.701. The first-order chi connectivity index (χ1) is 9.69. The smallest absolute Gasteiger partial charge is 0.251 e. The molecule has 0 spiro atoms. The second kappa shape index (κ2) is 7.55. The average Bonchev–Trinajstić information content (AvgIpc) is 2.44. The molecule has 1 N–H and O–H groups in total. The molecule has 0 bridgehead atoms. The fraction of sp³-hybridized carbons (Fsp3) is 0.333. The number of nitrogens with zero attached hydrogens (tertiary/aromatic N) is 1. The van der Waals surface area contributed by atoms with Crippen molar-refractivity contribution in [3.05, 3.63) is 57.5 Å². The van der Waals surface area contributed by atoms with Crippen molar-refractivity contribution in [2.75, 3.05) is 5.75 Å². The van der Waals surface area contributed by atoms with Crippen LogP contribution in [0.3, 0.4) is 0 Å². The minimum atomic E-state index is -0.0704. The topological polar surface area (TPSA) is 45.8 Å². The predicted octanol–water partition coefficient (Wildman–Crippen LogP) is 3.62. The molecule has 1 heterocycles. The third kappa shape index (κ3) is 4.42. The first kappa shape index (κ1) is 15.2.